The molecule has 1 atom stereocenters. The zero-order valence-corrected chi connectivity index (χ0v) is 12.0. The Morgan fingerprint density at radius 2 is 1.82 bits per heavy atom. The molecule has 0 fully saturated rings. The first-order valence-corrected chi connectivity index (χ1v) is 6.49. The smallest absolute Gasteiger partial charge is 0.117 e. The molecule has 0 aromatic carbocycles. The number of allylic oxidation sites excluding steroid dienone is 3. The lowest BCUT2D eigenvalue weighted by atomic mass is 10.1. The van der Waals surface area contributed by atoms with Crippen molar-refractivity contribution in [1.29, 1.82) is 5.26 Å². The van der Waals surface area contributed by atoms with Gasteiger partial charge in [-0.2, -0.15) is 5.26 Å². The molecular formula is C15H26N2. The average molecular weight is 234 g/mol. The van der Waals surface area contributed by atoms with Crippen LogP contribution in [0.25, 0.3) is 0 Å². The Morgan fingerprint density at radius 1 is 1.24 bits per heavy atom. The summed E-state index contributed by atoms with van der Waals surface area (Å²) in [7, 11) is 0. The van der Waals surface area contributed by atoms with Gasteiger partial charge in [-0.15, -0.1) is 0 Å². The molecule has 0 aliphatic rings. The van der Waals surface area contributed by atoms with Crippen LogP contribution < -0.4 is 0 Å². The maximum Gasteiger partial charge on any atom is 0.117 e. The zero-order valence-electron chi connectivity index (χ0n) is 12.0. The maximum atomic E-state index is 9.17. The third kappa shape index (κ3) is 6.97. The van der Waals surface area contributed by atoms with Gasteiger partial charge in [0.1, 0.15) is 6.04 Å². The van der Waals surface area contributed by atoms with Crippen molar-refractivity contribution in [3.63, 3.8) is 0 Å². The summed E-state index contributed by atoms with van der Waals surface area (Å²) in [6.45, 7) is 12.4. The summed E-state index contributed by atoms with van der Waals surface area (Å²) < 4.78 is 0. The molecule has 0 N–H and O–H groups in total. The van der Waals surface area contributed by atoms with E-state index in [0.717, 1.165) is 25.9 Å². The number of rotatable bonds is 7. The van der Waals surface area contributed by atoms with Crippen LogP contribution in [-0.2, 0) is 0 Å². The summed E-state index contributed by atoms with van der Waals surface area (Å²) in [6.07, 6.45) is 6.47. The van der Waals surface area contributed by atoms with Crippen molar-refractivity contribution in [3.8, 4) is 6.07 Å². The average Bonchev–Trinajstić information content (AvgIpc) is 2.28. The van der Waals surface area contributed by atoms with Gasteiger partial charge in [-0.3, -0.25) is 4.90 Å². The molecule has 0 saturated carbocycles. The van der Waals surface area contributed by atoms with Crippen LogP contribution in [0.1, 0.15) is 47.5 Å². The van der Waals surface area contributed by atoms with E-state index >= 15 is 0 Å². The second-order valence-corrected chi connectivity index (χ2v) is 4.63. The molecule has 0 aromatic heterocycles. The highest BCUT2D eigenvalue weighted by molar-refractivity contribution is 5.13. The molecule has 17 heavy (non-hydrogen) atoms. The van der Waals surface area contributed by atoms with Gasteiger partial charge < -0.3 is 0 Å². The van der Waals surface area contributed by atoms with Crippen molar-refractivity contribution in [2.45, 2.75) is 53.5 Å². The highest BCUT2D eigenvalue weighted by atomic mass is 15.1. The van der Waals surface area contributed by atoms with Gasteiger partial charge in [0.25, 0.3) is 0 Å². The van der Waals surface area contributed by atoms with Crippen LogP contribution in [0.5, 0.6) is 0 Å². The summed E-state index contributed by atoms with van der Waals surface area (Å²) in [5.41, 5.74) is 2.67. The standard InChI is InChI=1S/C15H26N2/c1-6-17(7-2)15(12-16)11-14(5)10-8-9-13(3)4/h9,11,15H,6-8,10H2,1-5H3. The Labute approximate surface area is 107 Å². The van der Waals surface area contributed by atoms with Crippen molar-refractivity contribution < 1.29 is 0 Å². The molecule has 2 heteroatoms. The van der Waals surface area contributed by atoms with E-state index in [1.807, 2.05) is 0 Å². The van der Waals surface area contributed by atoms with Crippen LogP contribution in [0.4, 0.5) is 0 Å². The van der Waals surface area contributed by atoms with Crippen LogP contribution in [0.2, 0.25) is 0 Å². The molecule has 0 saturated heterocycles. The molecule has 0 amide bonds. The predicted molar refractivity (Wildman–Crippen MR) is 74.7 cm³/mol. The van der Waals surface area contributed by atoms with Crippen molar-refractivity contribution in [1.82, 2.24) is 4.90 Å². The summed E-state index contributed by atoms with van der Waals surface area (Å²) in [6, 6.07) is 2.30. The van der Waals surface area contributed by atoms with Crippen LogP contribution >= 0.6 is 0 Å². The molecule has 1 unspecified atom stereocenters. The Bertz CT molecular complexity index is 299. The molecule has 0 rings (SSSR count). The quantitative estimate of drug-likeness (QED) is 0.624. The summed E-state index contributed by atoms with van der Waals surface area (Å²) >= 11 is 0. The Kier molecular flexibility index (Phi) is 8.44. The van der Waals surface area contributed by atoms with Crippen LogP contribution in [-0.4, -0.2) is 24.0 Å². The first kappa shape index (κ1) is 15.9. The van der Waals surface area contributed by atoms with Crippen LogP contribution in [0.3, 0.4) is 0 Å². The van der Waals surface area contributed by atoms with E-state index in [2.05, 4.69) is 57.7 Å². The van der Waals surface area contributed by atoms with Gasteiger partial charge in [0.15, 0.2) is 0 Å². The number of hydrogen-bond acceptors (Lipinski definition) is 2. The monoisotopic (exact) mass is 234 g/mol. The predicted octanol–water partition coefficient (Wildman–Crippen LogP) is 3.91. The number of hydrogen-bond donors (Lipinski definition) is 0. The van der Waals surface area contributed by atoms with Gasteiger partial charge in [0, 0.05) is 0 Å². The van der Waals surface area contributed by atoms with E-state index in [0.29, 0.717) is 0 Å². The van der Waals surface area contributed by atoms with Gasteiger partial charge in [-0.25, -0.2) is 0 Å². The van der Waals surface area contributed by atoms with Gasteiger partial charge in [-0.05, 0) is 46.7 Å². The van der Waals surface area contributed by atoms with E-state index in [1.165, 1.54) is 11.1 Å². The number of nitrogens with zero attached hydrogens (tertiary/aromatic N) is 2. The molecule has 0 radical (unpaired) electrons. The number of likely N-dealkylation sites (N-methyl/N-ethyl adjacent to an activating group) is 1. The van der Waals surface area contributed by atoms with E-state index < -0.39 is 0 Å². The largest absolute Gasteiger partial charge is 0.285 e. The van der Waals surface area contributed by atoms with E-state index in [-0.39, 0.29) is 6.04 Å². The minimum Gasteiger partial charge on any atom is -0.285 e. The maximum absolute atomic E-state index is 9.17. The second kappa shape index (κ2) is 9.01. The first-order valence-electron chi connectivity index (χ1n) is 6.49. The minimum atomic E-state index is -0.0725. The highest BCUT2D eigenvalue weighted by Crippen LogP contribution is 2.10. The van der Waals surface area contributed by atoms with E-state index in [9.17, 15) is 5.26 Å². The SMILES string of the molecule is CCN(CC)C(C#N)C=C(C)CCC=C(C)C. The van der Waals surface area contributed by atoms with Crippen molar-refractivity contribution in [2.24, 2.45) is 0 Å². The van der Waals surface area contributed by atoms with E-state index in [1.54, 1.807) is 0 Å². The molecule has 0 bridgehead atoms. The topological polar surface area (TPSA) is 27.0 Å². The summed E-state index contributed by atoms with van der Waals surface area (Å²) in [5.74, 6) is 0. The van der Waals surface area contributed by atoms with Gasteiger partial charge in [0.2, 0.25) is 0 Å². The molecule has 0 aliphatic heterocycles. The lowest BCUT2D eigenvalue weighted by Gasteiger charge is -2.21. The second-order valence-electron chi connectivity index (χ2n) is 4.63. The number of nitriles is 1. The van der Waals surface area contributed by atoms with Gasteiger partial charge >= 0.3 is 0 Å². The summed E-state index contributed by atoms with van der Waals surface area (Å²) in [5, 5.41) is 9.17. The minimum absolute atomic E-state index is 0.0725. The lowest BCUT2D eigenvalue weighted by molar-refractivity contribution is 0.292. The van der Waals surface area contributed by atoms with Gasteiger partial charge in [-0.1, -0.05) is 37.1 Å². The molecule has 0 spiro atoms. The third-order valence-electron chi connectivity index (χ3n) is 2.87. The van der Waals surface area contributed by atoms with Crippen molar-refractivity contribution in [2.75, 3.05) is 13.1 Å². The Hall–Kier alpha value is -1.07. The molecule has 0 heterocycles. The lowest BCUT2D eigenvalue weighted by Crippen LogP contribution is -2.32. The summed E-state index contributed by atoms with van der Waals surface area (Å²) in [4.78, 5) is 2.17. The highest BCUT2D eigenvalue weighted by Gasteiger charge is 2.11. The fraction of sp³-hybridized carbons (Fsp3) is 0.667. The molecule has 96 valence electrons. The molecular weight excluding hydrogens is 208 g/mol. The fourth-order valence-corrected chi connectivity index (χ4v) is 1.78. The van der Waals surface area contributed by atoms with Crippen molar-refractivity contribution >= 4 is 0 Å². The zero-order chi connectivity index (χ0) is 13.3. The Morgan fingerprint density at radius 3 is 2.24 bits per heavy atom. The normalized spacial score (nSPS) is 13.4. The molecule has 0 aliphatic carbocycles. The van der Waals surface area contributed by atoms with E-state index in [4.69, 9.17) is 0 Å². The third-order valence-corrected chi connectivity index (χ3v) is 2.87. The van der Waals surface area contributed by atoms with Crippen molar-refractivity contribution in [3.05, 3.63) is 23.3 Å². The van der Waals surface area contributed by atoms with Gasteiger partial charge in [0.05, 0.1) is 6.07 Å². The fourth-order valence-electron chi connectivity index (χ4n) is 1.78. The van der Waals surface area contributed by atoms with Crippen LogP contribution in [0, 0.1) is 11.3 Å². The Balaban J connectivity index is 4.42. The first-order chi connectivity index (χ1) is 8.04. The molecule has 0 aromatic rings. The molecule has 2 nitrogen and oxygen atoms in total. The van der Waals surface area contributed by atoms with Crippen LogP contribution in [0.15, 0.2) is 23.3 Å².